The first kappa shape index (κ1) is 26.1. The van der Waals surface area contributed by atoms with Gasteiger partial charge >= 0.3 is 0 Å². The van der Waals surface area contributed by atoms with Crippen LogP contribution < -0.4 is 5.32 Å². The van der Waals surface area contributed by atoms with Crippen LogP contribution in [0.25, 0.3) is 10.9 Å². The zero-order valence-electron chi connectivity index (χ0n) is 21.7. The van der Waals surface area contributed by atoms with Crippen molar-refractivity contribution in [2.24, 2.45) is 0 Å². The fourth-order valence-electron chi connectivity index (χ4n) is 5.04. The molecule has 0 radical (unpaired) electrons. The molecule has 1 amide bonds. The van der Waals surface area contributed by atoms with Crippen molar-refractivity contribution >= 4 is 22.5 Å². The van der Waals surface area contributed by atoms with Gasteiger partial charge in [0.05, 0.1) is 24.4 Å². The lowest BCUT2D eigenvalue weighted by Gasteiger charge is -2.34. The van der Waals surface area contributed by atoms with Gasteiger partial charge in [0.2, 0.25) is 0 Å². The lowest BCUT2D eigenvalue weighted by molar-refractivity contribution is 0.0615. The van der Waals surface area contributed by atoms with E-state index in [9.17, 15) is 14.3 Å². The van der Waals surface area contributed by atoms with Crippen molar-refractivity contribution < 1.29 is 19.0 Å². The normalized spacial score (nSPS) is 14.6. The third kappa shape index (κ3) is 5.40. The third-order valence-electron chi connectivity index (χ3n) is 7.35. The number of carbonyl (C=O) groups is 1. The fourth-order valence-corrected chi connectivity index (χ4v) is 5.04. The highest BCUT2D eigenvalue weighted by atomic mass is 19.1. The first-order valence-corrected chi connectivity index (χ1v) is 12.6. The molecule has 2 heterocycles. The molecule has 2 N–H and O–H groups in total. The Bertz CT molecular complexity index is 1230. The number of fused-ring (bicyclic) bond motifs is 1. The number of aromatic nitrogens is 1. The summed E-state index contributed by atoms with van der Waals surface area (Å²) in [4.78, 5) is 17.6. The molecule has 0 atom stereocenters. The van der Waals surface area contributed by atoms with Gasteiger partial charge in [0.1, 0.15) is 5.82 Å². The first-order valence-electron chi connectivity index (χ1n) is 12.6. The number of nitrogens with one attached hydrogen (secondary N) is 1. The minimum absolute atomic E-state index is 0.0169. The van der Waals surface area contributed by atoms with E-state index < -0.39 is 0 Å². The topological polar surface area (TPSA) is 70.0 Å². The molecule has 194 valence electrons. The van der Waals surface area contributed by atoms with Crippen molar-refractivity contribution in [3.63, 3.8) is 0 Å². The Labute approximate surface area is 212 Å². The predicted octanol–water partition coefficient (Wildman–Crippen LogP) is 3.71. The molecule has 36 heavy (non-hydrogen) atoms. The van der Waals surface area contributed by atoms with Crippen molar-refractivity contribution in [2.75, 3.05) is 58.4 Å². The van der Waals surface area contributed by atoms with Crippen molar-refractivity contribution in [1.29, 1.82) is 0 Å². The van der Waals surface area contributed by atoms with Crippen LogP contribution in [0.4, 0.5) is 10.1 Å². The molecule has 0 bridgehead atoms. The highest BCUT2D eigenvalue weighted by Crippen LogP contribution is 2.33. The van der Waals surface area contributed by atoms with E-state index in [-0.39, 0.29) is 18.3 Å². The Morgan fingerprint density at radius 3 is 2.50 bits per heavy atom. The van der Waals surface area contributed by atoms with E-state index in [2.05, 4.69) is 28.6 Å². The number of carbonyl (C=O) groups excluding carboxylic acids is 1. The molecular formula is C28H37FN4O3. The largest absolute Gasteiger partial charge is 0.395 e. The first-order chi connectivity index (χ1) is 17.3. The summed E-state index contributed by atoms with van der Waals surface area (Å²) >= 11 is 0. The number of β-amino-alcohol motifs (C(OH)–C–C–N with tert-alkyl or cyclic N) is 1. The zero-order valence-corrected chi connectivity index (χ0v) is 21.7. The van der Waals surface area contributed by atoms with Crippen molar-refractivity contribution in [3.05, 3.63) is 64.1 Å². The van der Waals surface area contributed by atoms with E-state index >= 15 is 0 Å². The summed E-state index contributed by atoms with van der Waals surface area (Å²) in [5.74, 6) is -0.228. The van der Waals surface area contributed by atoms with Crippen LogP contribution in [-0.4, -0.2) is 78.4 Å². The van der Waals surface area contributed by atoms with E-state index in [1.165, 1.54) is 6.07 Å². The number of amides is 1. The smallest absolute Gasteiger partial charge is 0.254 e. The number of aryl methyl sites for hydroxylation is 2. The summed E-state index contributed by atoms with van der Waals surface area (Å²) in [5.41, 5.74) is 6.76. The molecular weight excluding hydrogens is 459 g/mol. The maximum atomic E-state index is 13.6. The van der Waals surface area contributed by atoms with Crippen molar-refractivity contribution in [3.8, 4) is 0 Å². The van der Waals surface area contributed by atoms with Gasteiger partial charge in [-0.3, -0.25) is 9.69 Å². The number of anilines is 1. The Hall–Kier alpha value is -2.94. The molecule has 3 aromatic rings. The van der Waals surface area contributed by atoms with Crippen LogP contribution in [0.5, 0.6) is 0 Å². The van der Waals surface area contributed by atoms with Gasteiger partial charge in [-0.05, 0) is 61.7 Å². The highest BCUT2D eigenvalue weighted by molar-refractivity contribution is 6.04. The fraction of sp³-hybridized carbons (Fsp3) is 0.464. The summed E-state index contributed by atoms with van der Waals surface area (Å²) in [6, 6.07) is 8.78. The summed E-state index contributed by atoms with van der Waals surface area (Å²) < 4.78 is 21.2. The van der Waals surface area contributed by atoms with E-state index in [4.69, 9.17) is 4.74 Å². The third-order valence-corrected chi connectivity index (χ3v) is 7.35. The zero-order chi connectivity index (χ0) is 25.8. The van der Waals surface area contributed by atoms with Crippen LogP contribution in [-0.2, 0) is 17.8 Å². The monoisotopic (exact) mass is 496 g/mol. The van der Waals surface area contributed by atoms with Gasteiger partial charge in [-0.2, -0.15) is 0 Å². The second-order valence-electron chi connectivity index (χ2n) is 9.56. The Balaban J connectivity index is 1.70. The second kappa shape index (κ2) is 11.4. The number of benzene rings is 2. The molecule has 1 aromatic heterocycles. The molecule has 8 heteroatoms. The van der Waals surface area contributed by atoms with Gasteiger partial charge < -0.3 is 24.6 Å². The van der Waals surface area contributed by atoms with Gasteiger partial charge in [-0.25, -0.2) is 4.39 Å². The lowest BCUT2D eigenvalue weighted by Crippen LogP contribution is -2.49. The van der Waals surface area contributed by atoms with Gasteiger partial charge in [0, 0.05) is 69.6 Å². The number of rotatable bonds is 9. The minimum atomic E-state index is -0.245. The molecule has 1 aliphatic heterocycles. The number of nitrogens with zero attached hydrogens (tertiary/aromatic N) is 3. The average molecular weight is 497 g/mol. The number of hydrogen-bond donors (Lipinski definition) is 2. The molecule has 0 saturated carbocycles. The van der Waals surface area contributed by atoms with E-state index in [0.717, 1.165) is 52.1 Å². The number of hydrogen-bond acceptors (Lipinski definition) is 5. The van der Waals surface area contributed by atoms with Gasteiger partial charge in [0.15, 0.2) is 0 Å². The summed E-state index contributed by atoms with van der Waals surface area (Å²) in [5, 5.41) is 13.8. The standard InChI is InChI=1S/C28H37FN4O3/c1-19-15-24(29)6-5-22(19)18-30-26-17-23(28(35)32-9-7-31(8-10-32)11-13-34)16-25-20(2)21(3)33(27(25)26)12-14-36-4/h5-6,15-17,30,34H,7-14,18H2,1-4H3. The Morgan fingerprint density at radius 1 is 1.08 bits per heavy atom. The molecule has 1 aliphatic rings. The van der Waals surface area contributed by atoms with Gasteiger partial charge in [-0.15, -0.1) is 0 Å². The number of aliphatic hydroxyl groups excluding tert-OH is 1. The van der Waals surface area contributed by atoms with Crippen LogP contribution >= 0.6 is 0 Å². The molecule has 7 nitrogen and oxygen atoms in total. The predicted molar refractivity (Wildman–Crippen MR) is 141 cm³/mol. The van der Waals surface area contributed by atoms with Crippen molar-refractivity contribution in [1.82, 2.24) is 14.4 Å². The van der Waals surface area contributed by atoms with Gasteiger partial charge in [-0.1, -0.05) is 6.07 Å². The second-order valence-corrected chi connectivity index (χ2v) is 9.56. The molecule has 1 saturated heterocycles. The SMILES string of the molecule is COCCn1c(C)c(C)c2cc(C(=O)N3CCN(CCO)CC3)cc(NCc3ccc(F)cc3C)c21. The van der Waals surface area contributed by atoms with E-state index in [1.54, 1.807) is 19.2 Å². The van der Waals surface area contributed by atoms with E-state index in [0.29, 0.717) is 44.9 Å². The Morgan fingerprint density at radius 2 is 1.83 bits per heavy atom. The van der Waals surface area contributed by atoms with Crippen LogP contribution in [0.2, 0.25) is 0 Å². The van der Waals surface area contributed by atoms with Crippen LogP contribution in [0, 0.1) is 26.6 Å². The number of halogens is 1. The number of aliphatic hydroxyl groups is 1. The average Bonchev–Trinajstić information content (AvgIpc) is 3.11. The quantitative estimate of drug-likeness (QED) is 0.473. The van der Waals surface area contributed by atoms with Crippen LogP contribution in [0.15, 0.2) is 30.3 Å². The van der Waals surface area contributed by atoms with E-state index in [1.807, 2.05) is 24.0 Å². The maximum Gasteiger partial charge on any atom is 0.254 e. The van der Waals surface area contributed by atoms with Gasteiger partial charge in [0.25, 0.3) is 5.91 Å². The summed E-state index contributed by atoms with van der Waals surface area (Å²) in [6.45, 7) is 11.5. The van der Waals surface area contributed by atoms with Crippen LogP contribution in [0.1, 0.15) is 32.7 Å². The van der Waals surface area contributed by atoms with Crippen molar-refractivity contribution in [2.45, 2.75) is 33.9 Å². The number of methoxy groups -OCH3 is 1. The highest BCUT2D eigenvalue weighted by Gasteiger charge is 2.24. The molecule has 4 rings (SSSR count). The molecule has 2 aromatic carbocycles. The number of piperazine rings is 1. The maximum absolute atomic E-state index is 13.6. The molecule has 0 aliphatic carbocycles. The van der Waals surface area contributed by atoms with Crippen LogP contribution in [0.3, 0.4) is 0 Å². The summed E-state index contributed by atoms with van der Waals surface area (Å²) in [6.07, 6.45) is 0. The molecule has 0 unspecified atom stereocenters. The lowest BCUT2D eigenvalue weighted by atomic mass is 10.0. The molecule has 0 spiro atoms. The minimum Gasteiger partial charge on any atom is -0.395 e. The summed E-state index contributed by atoms with van der Waals surface area (Å²) in [7, 11) is 1.70. The number of ether oxygens (including phenoxy) is 1. The Kier molecular flexibility index (Phi) is 8.28. The molecule has 1 fully saturated rings.